The summed E-state index contributed by atoms with van der Waals surface area (Å²) >= 11 is 6.12. The van der Waals surface area contributed by atoms with Crippen molar-refractivity contribution in [3.63, 3.8) is 0 Å². The lowest BCUT2D eigenvalue weighted by Gasteiger charge is -2.29. The first kappa shape index (κ1) is 27.5. The summed E-state index contributed by atoms with van der Waals surface area (Å²) in [7, 11) is 0. The molecule has 0 saturated carbocycles. The first-order valence-corrected chi connectivity index (χ1v) is 17.4. The van der Waals surface area contributed by atoms with E-state index in [2.05, 4.69) is 163 Å². The average molecular weight is 698 g/mol. The normalized spacial score (nSPS) is 11.9. The fourth-order valence-corrected chi connectivity index (χ4v) is 9.02. The van der Waals surface area contributed by atoms with Crippen LogP contribution in [0.3, 0.4) is 0 Å². The maximum Gasteiger partial charge on any atom is 0.0718 e. The van der Waals surface area contributed by atoms with Crippen LogP contribution < -0.4 is 4.90 Å². The third kappa shape index (κ3) is 4.13. The topological polar surface area (TPSA) is 34.0 Å². The first-order valence-electron chi connectivity index (χ1n) is 15.8. The maximum atomic E-state index is 4.37. The molecule has 4 aromatic heterocycles. The highest BCUT2D eigenvalue weighted by molar-refractivity contribution is 9.10. The molecule has 6 heteroatoms. The lowest BCUT2D eigenvalue weighted by molar-refractivity contribution is 1.18. The summed E-state index contributed by atoms with van der Waals surface area (Å²) in [5.41, 5.74) is 6.69. The van der Waals surface area contributed by atoms with Crippen LogP contribution in [0.15, 0.2) is 157 Å². The van der Waals surface area contributed by atoms with Crippen molar-refractivity contribution in [2.24, 2.45) is 0 Å². The molecule has 0 bridgehead atoms. The van der Waals surface area contributed by atoms with Crippen LogP contribution in [0.25, 0.3) is 69.2 Å². The molecular formula is C42H25BrN4S. The van der Waals surface area contributed by atoms with Crippen molar-refractivity contribution in [2.75, 3.05) is 4.90 Å². The van der Waals surface area contributed by atoms with Crippen molar-refractivity contribution in [3.8, 4) is 5.69 Å². The van der Waals surface area contributed by atoms with E-state index in [1.165, 1.54) is 42.0 Å². The number of para-hydroxylation sites is 2. The zero-order chi connectivity index (χ0) is 31.8. The van der Waals surface area contributed by atoms with Gasteiger partial charge in [0.05, 0.1) is 26.9 Å². The highest BCUT2D eigenvalue weighted by atomic mass is 79.9. The monoisotopic (exact) mass is 696 g/mol. The molecule has 0 N–H and O–H groups in total. The molecular weight excluding hydrogens is 672 g/mol. The molecule has 10 aromatic rings. The first-order chi connectivity index (χ1) is 23.7. The summed E-state index contributed by atoms with van der Waals surface area (Å²) in [5.74, 6) is 0. The van der Waals surface area contributed by atoms with E-state index in [1.54, 1.807) is 0 Å². The Balaban J connectivity index is 1.36. The second-order valence-electron chi connectivity index (χ2n) is 12.0. The third-order valence-electron chi connectivity index (χ3n) is 9.37. The van der Waals surface area contributed by atoms with E-state index in [4.69, 9.17) is 0 Å². The van der Waals surface area contributed by atoms with Crippen molar-refractivity contribution in [1.82, 2.24) is 14.5 Å². The van der Waals surface area contributed by atoms with Gasteiger partial charge in [0, 0.05) is 77.9 Å². The standard InChI is InChI=1S/C42H25BrN4S/c43-41-37(46(30-15-13-28-24-44-19-17-26(28)21-30)31-16-14-29-25-45-20-18-27(29)22-31)23-39-40(34-9-3-6-12-38(34)48-39)42(41)47-35-10-4-1-7-32(35)33-8-2-5-11-36(33)47/h1-25H. The predicted molar refractivity (Wildman–Crippen MR) is 207 cm³/mol. The maximum absolute atomic E-state index is 4.37. The van der Waals surface area contributed by atoms with Crippen molar-refractivity contribution >= 4 is 108 Å². The molecule has 0 aliphatic carbocycles. The minimum Gasteiger partial charge on any atom is -0.309 e. The van der Waals surface area contributed by atoms with Crippen molar-refractivity contribution < 1.29 is 0 Å². The van der Waals surface area contributed by atoms with Crippen LogP contribution in [0.4, 0.5) is 17.1 Å². The van der Waals surface area contributed by atoms with E-state index in [0.717, 1.165) is 48.8 Å². The van der Waals surface area contributed by atoms with Crippen LogP contribution >= 0.6 is 27.3 Å². The Kier molecular flexibility index (Phi) is 6.16. The lowest BCUT2D eigenvalue weighted by Crippen LogP contribution is -2.12. The van der Waals surface area contributed by atoms with Gasteiger partial charge in [-0.25, -0.2) is 0 Å². The number of pyridine rings is 2. The van der Waals surface area contributed by atoms with Crippen LogP contribution in [0.2, 0.25) is 0 Å². The minimum atomic E-state index is 1.02. The molecule has 0 spiro atoms. The minimum absolute atomic E-state index is 1.02. The fourth-order valence-electron chi connectivity index (χ4n) is 7.21. The van der Waals surface area contributed by atoms with Gasteiger partial charge in [-0.05, 0) is 87.4 Å². The number of benzene rings is 6. The molecule has 0 radical (unpaired) electrons. The number of hydrogen-bond acceptors (Lipinski definition) is 4. The highest BCUT2D eigenvalue weighted by Gasteiger charge is 2.25. The van der Waals surface area contributed by atoms with Gasteiger partial charge in [0.25, 0.3) is 0 Å². The largest absolute Gasteiger partial charge is 0.309 e. The molecule has 0 atom stereocenters. The van der Waals surface area contributed by atoms with Crippen molar-refractivity contribution in [2.45, 2.75) is 0 Å². The van der Waals surface area contributed by atoms with Crippen LogP contribution in [-0.2, 0) is 0 Å². The highest BCUT2D eigenvalue weighted by Crippen LogP contribution is 2.50. The van der Waals surface area contributed by atoms with Gasteiger partial charge in [0.2, 0.25) is 0 Å². The molecule has 0 saturated heterocycles. The molecule has 0 aliphatic heterocycles. The Labute approximate surface area is 288 Å². The number of halogens is 1. The van der Waals surface area contributed by atoms with Gasteiger partial charge in [-0.3, -0.25) is 9.97 Å². The summed E-state index contributed by atoms with van der Waals surface area (Å²) in [6.07, 6.45) is 7.57. The molecule has 4 heterocycles. The summed E-state index contributed by atoms with van der Waals surface area (Å²) in [6.45, 7) is 0. The summed E-state index contributed by atoms with van der Waals surface area (Å²) in [4.78, 5) is 11.1. The van der Waals surface area contributed by atoms with E-state index in [0.29, 0.717) is 0 Å². The zero-order valence-electron chi connectivity index (χ0n) is 25.5. The molecule has 0 fully saturated rings. The number of anilines is 3. The fraction of sp³-hybridized carbons (Fsp3) is 0. The zero-order valence-corrected chi connectivity index (χ0v) is 27.9. The Morgan fingerprint density at radius 2 is 1.10 bits per heavy atom. The van der Waals surface area contributed by atoms with Gasteiger partial charge in [0.1, 0.15) is 0 Å². The molecule has 0 aliphatic rings. The molecule has 0 amide bonds. The quantitative estimate of drug-likeness (QED) is 0.184. The van der Waals surface area contributed by atoms with Gasteiger partial charge in [-0.1, -0.05) is 66.7 Å². The SMILES string of the molecule is Brc1c(N(c2ccc3cnccc3c2)c2ccc3cnccc3c2)cc2sc3ccccc3c2c1-n1c2ccccc2c2ccccc21. The second-order valence-corrected chi connectivity index (χ2v) is 13.9. The number of nitrogens with zero attached hydrogens (tertiary/aromatic N) is 4. The van der Waals surface area contributed by atoms with Gasteiger partial charge in [-0.2, -0.15) is 0 Å². The van der Waals surface area contributed by atoms with Crippen LogP contribution in [0.1, 0.15) is 0 Å². The van der Waals surface area contributed by atoms with Crippen molar-refractivity contribution in [1.29, 1.82) is 0 Å². The molecule has 4 nitrogen and oxygen atoms in total. The summed E-state index contributed by atoms with van der Waals surface area (Å²) < 4.78 is 5.97. The molecule has 10 rings (SSSR count). The predicted octanol–water partition coefficient (Wildman–Crippen LogP) is 12.5. The van der Waals surface area contributed by atoms with Gasteiger partial charge in [0.15, 0.2) is 0 Å². The Bertz CT molecular complexity index is 2760. The Morgan fingerprint density at radius 3 is 1.73 bits per heavy atom. The van der Waals surface area contributed by atoms with Gasteiger partial charge in [-0.15, -0.1) is 11.3 Å². The van der Waals surface area contributed by atoms with E-state index in [9.17, 15) is 0 Å². The lowest BCUT2D eigenvalue weighted by atomic mass is 10.1. The summed E-state index contributed by atoms with van der Waals surface area (Å²) in [6, 6.07) is 46.0. The molecule has 0 unspecified atom stereocenters. The van der Waals surface area contributed by atoms with Crippen LogP contribution in [0.5, 0.6) is 0 Å². The molecule has 6 aromatic carbocycles. The average Bonchev–Trinajstić information content (AvgIpc) is 3.68. The van der Waals surface area contributed by atoms with Gasteiger partial charge >= 0.3 is 0 Å². The van der Waals surface area contributed by atoms with Crippen LogP contribution in [0, 0.1) is 0 Å². The van der Waals surface area contributed by atoms with E-state index in [1.807, 2.05) is 36.1 Å². The number of rotatable bonds is 4. The van der Waals surface area contributed by atoms with Gasteiger partial charge < -0.3 is 9.47 Å². The number of fused-ring (bicyclic) bond motifs is 8. The van der Waals surface area contributed by atoms with Crippen LogP contribution in [-0.4, -0.2) is 14.5 Å². The Morgan fingerprint density at radius 1 is 0.542 bits per heavy atom. The summed E-state index contributed by atoms with van der Waals surface area (Å²) in [5, 5.41) is 9.46. The van der Waals surface area contributed by atoms with E-state index in [-0.39, 0.29) is 0 Å². The second kappa shape index (κ2) is 10.7. The third-order valence-corrected chi connectivity index (χ3v) is 11.3. The number of thiophene rings is 1. The number of aromatic nitrogens is 3. The smallest absolute Gasteiger partial charge is 0.0718 e. The van der Waals surface area contributed by atoms with E-state index < -0.39 is 0 Å². The Hall–Kier alpha value is -5.56. The van der Waals surface area contributed by atoms with Crippen molar-refractivity contribution in [3.05, 3.63) is 157 Å². The molecule has 226 valence electrons. The van der Waals surface area contributed by atoms with E-state index >= 15 is 0 Å². The number of hydrogen-bond donors (Lipinski definition) is 0. The molecule has 48 heavy (non-hydrogen) atoms.